The molecule has 2 atom stereocenters. The monoisotopic (exact) mass is 263 g/mol. The van der Waals surface area contributed by atoms with Gasteiger partial charge in [0.2, 0.25) is 0 Å². The van der Waals surface area contributed by atoms with Crippen LogP contribution in [0, 0.1) is 11.8 Å². The average Bonchev–Trinajstić information content (AvgIpc) is 2.48. The molecule has 1 fully saturated rings. The van der Waals surface area contributed by atoms with Gasteiger partial charge in [0, 0.05) is 12.5 Å². The van der Waals surface area contributed by atoms with Crippen molar-refractivity contribution in [3.63, 3.8) is 0 Å². The van der Waals surface area contributed by atoms with Gasteiger partial charge in [0.05, 0.1) is 6.61 Å². The van der Waals surface area contributed by atoms with Crippen molar-refractivity contribution in [2.45, 2.75) is 40.0 Å². The number of nitrogens with one attached hydrogen (secondary N) is 1. The zero-order valence-electron chi connectivity index (χ0n) is 12.7. The molecule has 108 valence electrons. The van der Waals surface area contributed by atoms with Crippen molar-refractivity contribution in [3.05, 3.63) is 36.1 Å². The van der Waals surface area contributed by atoms with Crippen LogP contribution in [-0.4, -0.2) is 19.7 Å². The maximum absolute atomic E-state index is 5.95. The third-order valence-corrected chi connectivity index (χ3v) is 3.90. The van der Waals surface area contributed by atoms with Gasteiger partial charge in [0.25, 0.3) is 0 Å². The highest BCUT2D eigenvalue weighted by Gasteiger charge is 2.13. The third kappa shape index (κ3) is 5.65. The molecule has 1 aliphatic heterocycles. The topological polar surface area (TPSA) is 21.3 Å². The molecular formula is C17H29NO. The van der Waals surface area contributed by atoms with E-state index in [-0.39, 0.29) is 0 Å². The maximum Gasteiger partial charge on any atom is 0.115 e. The Hall–Kier alpha value is -1.02. The van der Waals surface area contributed by atoms with E-state index in [0.29, 0.717) is 11.8 Å². The van der Waals surface area contributed by atoms with Crippen LogP contribution in [0.4, 0.5) is 0 Å². The Morgan fingerprint density at radius 1 is 1.53 bits per heavy atom. The molecule has 0 radical (unpaired) electrons. The number of allylic oxidation sites excluding steroid dienone is 4. The average molecular weight is 263 g/mol. The first-order chi connectivity index (χ1) is 9.21. The molecular weight excluding hydrogens is 234 g/mol. The summed E-state index contributed by atoms with van der Waals surface area (Å²) in [6.07, 6.45) is 9.79. The third-order valence-electron chi connectivity index (χ3n) is 3.90. The minimum atomic E-state index is 0.535. The van der Waals surface area contributed by atoms with Crippen LogP contribution in [0.25, 0.3) is 0 Å². The minimum Gasteiger partial charge on any atom is -0.494 e. The van der Waals surface area contributed by atoms with Gasteiger partial charge in [-0.05, 0) is 56.4 Å². The summed E-state index contributed by atoms with van der Waals surface area (Å²) in [5.74, 6) is 2.15. The molecule has 19 heavy (non-hydrogen) atoms. The van der Waals surface area contributed by atoms with Crippen LogP contribution in [-0.2, 0) is 4.74 Å². The van der Waals surface area contributed by atoms with Gasteiger partial charge in [-0.2, -0.15) is 0 Å². The SMILES string of the molecule is C=C/C(=C\C(=C/C)OCC1CCCNC1)C(C)CC. The molecule has 0 aromatic rings. The first kappa shape index (κ1) is 16.0. The van der Waals surface area contributed by atoms with Gasteiger partial charge < -0.3 is 10.1 Å². The summed E-state index contributed by atoms with van der Waals surface area (Å²) in [4.78, 5) is 0. The van der Waals surface area contributed by atoms with Crippen molar-refractivity contribution in [2.75, 3.05) is 19.7 Å². The Morgan fingerprint density at radius 2 is 2.32 bits per heavy atom. The number of piperidine rings is 1. The van der Waals surface area contributed by atoms with Gasteiger partial charge in [-0.25, -0.2) is 0 Å². The molecule has 1 rings (SSSR count). The van der Waals surface area contributed by atoms with E-state index in [4.69, 9.17) is 4.74 Å². The molecule has 1 saturated heterocycles. The van der Waals surface area contributed by atoms with Gasteiger partial charge in [-0.3, -0.25) is 0 Å². The van der Waals surface area contributed by atoms with Crippen LogP contribution >= 0.6 is 0 Å². The van der Waals surface area contributed by atoms with E-state index in [9.17, 15) is 0 Å². The van der Waals surface area contributed by atoms with E-state index >= 15 is 0 Å². The first-order valence-electron chi connectivity index (χ1n) is 7.55. The summed E-state index contributed by atoms with van der Waals surface area (Å²) >= 11 is 0. The van der Waals surface area contributed by atoms with Crippen LogP contribution in [0.5, 0.6) is 0 Å². The molecule has 2 heteroatoms. The summed E-state index contributed by atoms with van der Waals surface area (Å²) in [5.41, 5.74) is 1.26. The van der Waals surface area contributed by atoms with Gasteiger partial charge in [-0.15, -0.1) is 0 Å². The number of ether oxygens (including phenoxy) is 1. The van der Waals surface area contributed by atoms with Crippen LogP contribution in [0.1, 0.15) is 40.0 Å². The molecule has 0 amide bonds. The van der Waals surface area contributed by atoms with Crippen molar-refractivity contribution >= 4 is 0 Å². The number of hydrogen-bond donors (Lipinski definition) is 1. The zero-order chi connectivity index (χ0) is 14.1. The summed E-state index contributed by atoms with van der Waals surface area (Å²) < 4.78 is 5.95. The highest BCUT2D eigenvalue weighted by atomic mass is 16.5. The van der Waals surface area contributed by atoms with Crippen molar-refractivity contribution in [2.24, 2.45) is 11.8 Å². The summed E-state index contributed by atoms with van der Waals surface area (Å²) in [6.45, 7) is 13.4. The highest BCUT2D eigenvalue weighted by molar-refractivity contribution is 5.27. The van der Waals surface area contributed by atoms with E-state index in [2.05, 4.69) is 31.8 Å². The Bertz CT molecular complexity index is 324. The van der Waals surface area contributed by atoms with Gasteiger partial charge in [0.1, 0.15) is 5.76 Å². The Balaban J connectivity index is 2.52. The lowest BCUT2D eigenvalue weighted by molar-refractivity contribution is 0.156. The number of rotatable bonds is 7. The standard InChI is InChI=1S/C17H29NO/c1-5-14(4)16(6-2)11-17(7-3)19-13-15-9-8-10-18-12-15/h6-7,11,14-15,18H,2,5,8-10,12-13H2,1,3-4H3/b16-11+,17-7+. The van der Waals surface area contributed by atoms with E-state index < -0.39 is 0 Å². The predicted octanol–water partition coefficient (Wildman–Crippen LogP) is 4.06. The molecule has 1 N–H and O–H groups in total. The molecule has 2 nitrogen and oxygen atoms in total. The van der Waals surface area contributed by atoms with Crippen LogP contribution < -0.4 is 5.32 Å². The second-order valence-electron chi connectivity index (χ2n) is 5.37. The summed E-state index contributed by atoms with van der Waals surface area (Å²) in [6, 6.07) is 0. The van der Waals surface area contributed by atoms with Gasteiger partial charge in [-0.1, -0.05) is 26.5 Å². The van der Waals surface area contributed by atoms with Crippen molar-refractivity contribution in [1.29, 1.82) is 0 Å². The van der Waals surface area contributed by atoms with E-state index in [1.807, 2.05) is 19.1 Å². The minimum absolute atomic E-state index is 0.535. The van der Waals surface area contributed by atoms with E-state index in [1.54, 1.807) is 0 Å². The normalized spacial score (nSPS) is 23.0. The second-order valence-corrected chi connectivity index (χ2v) is 5.37. The molecule has 2 unspecified atom stereocenters. The van der Waals surface area contributed by atoms with Gasteiger partial charge in [0.15, 0.2) is 0 Å². The Morgan fingerprint density at radius 3 is 2.84 bits per heavy atom. The largest absolute Gasteiger partial charge is 0.494 e. The molecule has 0 aromatic carbocycles. The molecule has 0 bridgehead atoms. The molecule has 0 saturated carbocycles. The van der Waals surface area contributed by atoms with Crippen LogP contribution in [0.2, 0.25) is 0 Å². The first-order valence-corrected chi connectivity index (χ1v) is 7.55. The fourth-order valence-electron chi connectivity index (χ4n) is 2.29. The quantitative estimate of drug-likeness (QED) is 0.552. The van der Waals surface area contributed by atoms with Crippen molar-refractivity contribution < 1.29 is 4.74 Å². The summed E-state index contributed by atoms with van der Waals surface area (Å²) in [7, 11) is 0. The van der Waals surface area contributed by atoms with Crippen LogP contribution in [0.15, 0.2) is 36.1 Å². The van der Waals surface area contributed by atoms with Crippen molar-refractivity contribution in [1.82, 2.24) is 5.32 Å². The predicted molar refractivity (Wildman–Crippen MR) is 83.0 cm³/mol. The lowest BCUT2D eigenvalue weighted by Crippen LogP contribution is -2.32. The molecule has 0 spiro atoms. The second kappa shape index (κ2) is 8.98. The molecule has 0 aromatic heterocycles. The smallest absolute Gasteiger partial charge is 0.115 e. The van der Waals surface area contributed by atoms with E-state index in [0.717, 1.165) is 31.9 Å². The summed E-state index contributed by atoms with van der Waals surface area (Å²) in [5, 5.41) is 3.42. The lowest BCUT2D eigenvalue weighted by atomic mass is 9.97. The Labute approximate surface area is 118 Å². The van der Waals surface area contributed by atoms with Crippen LogP contribution in [0.3, 0.4) is 0 Å². The molecule has 1 aliphatic rings. The maximum atomic E-state index is 5.95. The molecule has 0 aliphatic carbocycles. The fourth-order valence-corrected chi connectivity index (χ4v) is 2.29. The molecule has 1 heterocycles. The number of hydrogen-bond acceptors (Lipinski definition) is 2. The van der Waals surface area contributed by atoms with E-state index in [1.165, 1.54) is 18.4 Å². The van der Waals surface area contributed by atoms with Gasteiger partial charge >= 0.3 is 0 Å². The fraction of sp³-hybridized carbons (Fsp3) is 0.647. The Kier molecular flexibility index (Phi) is 7.57. The highest BCUT2D eigenvalue weighted by Crippen LogP contribution is 2.19. The van der Waals surface area contributed by atoms with Crippen molar-refractivity contribution in [3.8, 4) is 0 Å². The zero-order valence-corrected chi connectivity index (χ0v) is 12.7. The lowest BCUT2D eigenvalue weighted by Gasteiger charge is -2.23.